The molecule has 2 amide bonds. The molecule has 5 nitrogen and oxygen atoms in total. The molecular weight excluding hydrogens is 456 g/mol. The van der Waals surface area contributed by atoms with Crippen LogP contribution in [0.15, 0.2) is 53.0 Å². The van der Waals surface area contributed by atoms with Gasteiger partial charge >= 0.3 is 0 Å². The zero-order valence-electron chi connectivity index (χ0n) is 16.8. The van der Waals surface area contributed by atoms with Gasteiger partial charge in [0.15, 0.2) is 6.61 Å². The summed E-state index contributed by atoms with van der Waals surface area (Å²) in [5.74, 6) is 0.420. The van der Waals surface area contributed by atoms with Crippen molar-refractivity contribution in [3.8, 4) is 5.75 Å². The van der Waals surface area contributed by atoms with E-state index in [0.717, 1.165) is 10.0 Å². The predicted octanol–water partition coefficient (Wildman–Crippen LogP) is 4.67. The first kappa shape index (κ1) is 23.2. The minimum atomic E-state index is -0.626. The van der Waals surface area contributed by atoms with E-state index in [1.807, 2.05) is 38.1 Å². The van der Waals surface area contributed by atoms with Gasteiger partial charge in [0, 0.05) is 22.6 Å². The number of hydrogen-bond acceptors (Lipinski definition) is 3. The zero-order valence-corrected chi connectivity index (χ0v) is 19.2. The van der Waals surface area contributed by atoms with Crippen LogP contribution in [0.3, 0.4) is 0 Å². The van der Waals surface area contributed by atoms with Crippen molar-refractivity contribution in [3.05, 3.63) is 63.6 Å². The minimum absolute atomic E-state index is 0.167. The molecule has 7 heteroatoms. The number of rotatable bonds is 9. The molecule has 0 heterocycles. The van der Waals surface area contributed by atoms with Gasteiger partial charge in [-0.05, 0) is 54.8 Å². The molecular formula is C22H26BrClN2O3. The summed E-state index contributed by atoms with van der Waals surface area (Å²) >= 11 is 9.28. The first-order valence-corrected chi connectivity index (χ1v) is 10.6. The molecule has 0 saturated carbocycles. The number of carbonyl (C=O) groups excluding carboxylic acids is 2. The first-order chi connectivity index (χ1) is 13.8. The van der Waals surface area contributed by atoms with Crippen LogP contribution in [0.5, 0.6) is 5.75 Å². The Morgan fingerprint density at radius 1 is 1.07 bits per heavy atom. The highest BCUT2D eigenvalue weighted by Crippen LogP contribution is 2.17. The van der Waals surface area contributed by atoms with Crippen LogP contribution in [0.4, 0.5) is 0 Å². The first-order valence-electron chi connectivity index (χ1n) is 9.46. The Balaban J connectivity index is 2.10. The minimum Gasteiger partial charge on any atom is -0.484 e. The van der Waals surface area contributed by atoms with E-state index in [2.05, 4.69) is 21.2 Å². The van der Waals surface area contributed by atoms with Gasteiger partial charge in [-0.15, -0.1) is 0 Å². The number of nitrogens with one attached hydrogen (secondary N) is 1. The molecule has 0 unspecified atom stereocenters. The highest BCUT2D eigenvalue weighted by atomic mass is 79.9. The van der Waals surface area contributed by atoms with E-state index in [0.29, 0.717) is 29.8 Å². The van der Waals surface area contributed by atoms with Crippen molar-refractivity contribution in [2.75, 3.05) is 13.2 Å². The van der Waals surface area contributed by atoms with E-state index in [9.17, 15) is 9.59 Å². The summed E-state index contributed by atoms with van der Waals surface area (Å²) < 4.78 is 6.55. The fraction of sp³-hybridized carbons (Fsp3) is 0.364. The summed E-state index contributed by atoms with van der Waals surface area (Å²) in [6.07, 6.45) is 0. The number of amides is 2. The lowest BCUT2D eigenvalue weighted by atomic mass is 10.1. The van der Waals surface area contributed by atoms with Crippen molar-refractivity contribution in [3.63, 3.8) is 0 Å². The third-order valence-corrected chi connectivity index (χ3v) is 5.07. The molecule has 0 fully saturated rings. The number of benzene rings is 2. The van der Waals surface area contributed by atoms with Crippen molar-refractivity contribution in [1.82, 2.24) is 10.2 Å². The van der Waals surface area contributed by atoms with Crippen molar-refractivity contribution in [2.24, 2.45) is 5.92 Å². The van der Waals surface area contributed by atoms with Gasteiger partial charge < -0.3 is 15.0 Å². The highest BCUT2D eigenvalue weighted by molar-refractivity contribution is 9.10. The van der Waals surface area contributed by atoms with Crippen LogP contribution in [0.25, 0.3) is 0 Å². The van der Waals surface area contributed by atoms with Crippen LogP contribution in [-0.4, -0.2) is 35.9 Å². The summed E-state index contributed by atoms with van der Waals surface area (Å²) in [7, 11) is 0. The van der Waals surface area contributed by atoms with E-state index >= 15 is 0 Å². The number of ether oxygens (including phenoxy) is 1. The Kier molecular flexibility index (Phi) is 8.99. The molecule has 0 spiro atoms. The molecule has 0 saturated heterocycles. The summed E-state index contributed by atoms with van der Waals surface area (Å²) in [5, 5.41) is 3.49. The van der Waals surface area contributed by atoms with Gasteiger partial charge in [-0.25, -0.2) is 0 Å². The fourth-order valence-electron chi connectivity index (χ4n) is 2.58. The molecule has 0 aliphatic carbocycles. The zero-order chi connectivity index (χ0) is 21.4. The molecule has 1 atom stereocenters. The Bertz CT molecular complexity index is 810. The summed E-state index contributed by atoms with van der Waals surface area (Å²) in [6.45, 7) is 6.48. The molecule has 2 aromatic carbocycles. The Morgan fingerprint density at radius 3 is 2.28 bits per heavy atom. The molecule has 0 radical (unpaired) electrons. The second kappa shape index (κ2) is 11.2. The SMILES string of the molecule is CC(C)CNC(=O)[C@@H](C)N(Cc1ccc(Br)cc1)C(=O)COc1ccc(Cl)cc1. The van der Waals surface area contributed by atoms with Crippen LogP contribution in [0.2, 0.25) is 5.02 Å². The number of nitrogens with zero attached hydrogens (tertiary/aromatic N) is 1. The van der Waals surface area contributed by atoms with Crippen molar-refractivity contribution in [2.45, 2.75) is 33.4 Å². The van der Waals surface area contributed by atoms with Gasteiger partial charge in [0.25, 0.3) is 5.91 Å². The van der Waals surface area contributed by atoms with Crippen molar-refractivity contribution in [1.29, 1.82) is 0 Å². The summed E-state index contributed by atoms with van der Waals surface area (Å²) in [6, 6.07) is 13.8. The van der Waals surface area contributed by atoms with E-state index < -0.39 is 6.04 Å². The maximum Gasteiger partial charge on any atom is 0.261 e. The largest absolute Gasteiger partial charge is 0.484 e. The monoisotopic (exact) mass is 480 g/mol. The maximum absolute atomic E-state index is 12.9. The van der Waals surface area contributed by atoms with Crippen LogP contribution in [-0.2, 0) is 16.1 Å². The molecule has 29 heavy (non-hydrogen) atoms. The van der Waals surface area contributed by atoms with Crippen LogP contribution < -0.4 is 10.1 Å². The lowest BCUT2D eigenvalue weighted by Gasteiger charge is -2.29. The van der Waals surface area contributed by atoms with Crippen LogP contribution >= 0.6 is 27.5 Å². The van der Waals surface area contributed by atoms with E-state index in [4.69, 9.17) is 16.3 Å². The second-order valence-corrected chi connectivity index (χ2v) is 8.56. The molecule has 0 aliphatic rings. The molecule has 0 bridgehead atoms. The quantitative estimate of drug-likeness (QED) is 0.566. The topological polar surface area (TPSA) is 58.6 Å². The number of carbonyl (C=O) groups is 2. The van der Waals surface area contributed by atoms with Gasteiger partial charge in [0.2, 0.25) is 5.91 Å². The molecule has 0 aliphatic heterocycles. The number of hydrogen-bond donors (Lipinski definition) is 1. The fourth-order valence-corrected chi connectivity index (χ4v) is 2.97. The van der Waals surface area contributed by atoms with Crippen molar-refractivity contribution >= 4 is 39.3 Å². The lowest BCUT2D eigenvalue weighted by Crippen LogP contribution is -2.49. The third kappa shape index (κ3) is 7.71. The normalized spacial score (nSPS) is 11.8. The standard InChI is InChI=1S/C22H26BrClN2O3/c1-15(2)12-25-22(28)16(3)26(13-17-4-6-18(23)7-5-17)21(27)14-29-20-10-8-19(24)9-11-20/h4-11,15-16H,12-14H2,1-3H3,(H,25,28)/t16-/m1/s1. The highest BCUT2D eigenvalue weighted by Gasteiger charge is 2.26. The van der Waals surface area contributed by atoms with E-state index in [1.54, 1.807) is 31.2 Å². The molecule has 156 valence electrons. The van der Waals surface area contributed by atoms with Crippen molar-refractivity contribution < 1.29 is 14.3 Å². The summed E-state index contributed by atoms with van der Waals surface area (Å²) in [4.78, 5) is 27.0. The van der Waals surface area contributed by atoms with E-state index in [1.165, 1.54) is 4.90 Å². The van der Waals surface area contributed by atoms with Crippen LogP contribution in [0.1, 0.15) is 26.3 Å². The molecule has 1 N–H and O–H groups in total. The second-order valence-electron chi connectivity index (χ2n) is 7.21. The summed E-state index contributed by atoms with van der Waals surface area (Å²) in [5.41, 5.74) is 0.927. The average Bonchev–Trinajstić information content (AvgIpc) is 2.70. The third-order valence-electron chi connectivity index (χ3n) is 4.29. The van der Waals surface area contributed by atoms with Gasteiger partial charge in [0.1, 0.15) is 11.8 Å². The molecule has 0 aromatic heterocycles. The maximum atomic E-state index is 12.9. The average molecular weight is 482 g/mol. The van der Waals surface area contributed by atoms with Crippen LogP contribution in [0, 0.1) is 5.92 Å². The van der Waals surface area contributed by atoms with Gasteiger partial charge in [-0.2, -0.15) is 0 Å². The predicted molar refractivity (Wildman–Crippen MR) is 119 cm³/mol. The van der Waals surface area contributed by atoms with Gasteiger partial charge in [-0.3, -0.25) is 9.59 Å². The Labute approximate surface area is 185 Å². The Morgan fingerprint density at radius 2 is 1.69 bits per heavy atom. The molecule has 2 rings (SSSR count). The van der Waals surface area contributed by atoms with Gasteiger partial charge in [0.05, 0.1) is 0 Å². The smallest absolute Gasteiger partial charge is 0.261 e. The van der Waals surface area contributed by atoms with Gasteiger partial charge in [-0.1, -0.05) is 53.5 Å². The molecule has 2 aromatic rings. The number of halogens is 2. The lowest BCUT2D eigenvalue weighted by molar-refractivity contribution is -0.142. The van der Waals surface area contributed by atoms with E-state index in [-0.39, 0.29) is 18.4 Å². The Hall–Kier alpha value is -2.05.